The molecule has 19 heavy (non-hydrogen) atoms. The first-order valence-electron chi connectivity index (χ1n) is 5.94. The molecular formula is C16H12FNO. The summed E-state index contributed by atoms with van der Waals surface area (Å²) in [5.41, 5.74) is 1.25. The number of carbonyl (C=O) groups is 1. The SMILES string of the molecule is N#CC(CC(=O)c1ccc(F)cc1)c1ccccc1. The molecule has 0 heterocycles. The Bertz CT molecular complexity index is 599. The van der Waals surface area contributed by atoms with Crippen LogP contribution in [-0.4, -0.2) is 5.78 Å². The maximum Gasteiger partial charge on any atom is 0.164 e. The van der Waals surface area contributed by atoms with E-state index >= 15 is 0 Å². The molecule has 0 aliphatic rings. The molecule has 0 amide bonds. The van der Waals surface area contributed by atoms with Crippen LogP contribution >= 0.6 is 0 Å². The highest BCUT2D eigenvalue weighted by molar-refractivity contribution is 5.96. The second-order valence-corrected chi connectivity index (χ2v) is 4.23. The number of Topliss-reactive ketones (excluding diaryl/α,β-unsaturated/α-hetero) is 1. The highest BCUT2D eigenvalue weighted by atomic mass is 19.1. The number of benzene rings is 2. The predicted molar refractivity (Wildman–Crippen MR) is 70.1 cm³/mol. The van der Waals surface area contributed by atoms with Crippen LogP contribution in [-0.2, 0) is 0 Å². The van der Waals surface area contributed by atoms with E-state index in [1.165, 1.54) is 24.3 Å². The first kappa shape index (κ1) is 13.0. The Hall–Kier alpha value is -2.47. The topological polar surface area (TPSA) is 40.9 Å². The van der Waals surface area contributed by atoms with Crippen LogP contribution in [0.15, 0.2) is 54.6 Å². The molecule has 0 radical (unpaired) electrons. The molecule has 0 aliphatic carbocycles. The highest BCUT2D eigenvalue weighted by Crippen LogP contribution is 2.21. The molecule has 0 saturated carbocycles. The number of nitrogens with zero attached hydrogens (tertiary/aromatic N) is 1. The van der Waals surface area contributed by atoms with Gasteiger partial charge in [0.25, 0.3) is 0 Å². The highest BCUT2D eigenvalue weighted by Gasteiger charge is 2.16. The van der Waals surface area contributed by atoms with Gasteiger partial charge in [-0.1, -0.05) is 30.3 Å². The summed E-state index contributed by atoms with van der Waals surface area (Å²) in [6.45, 7) is 0. The van der Waals surface area contributed by atoms with Gasteiger partial charge in [0.05, 0.1) is 12.0 Å². The van der Waals surface area contributed by atoms with Gasteiger partial charge in [0.2, 0.25) is 0 Å². The van der Waals surface area contributed by atoms with Gasteiger partial charge in [-0.3, -0.25) is 4.79 Å². The van der Waals surface area contributed by atoms with Gasteiger partial charge in [-0.25, -0.2) is 4.39 Å². The van der Waals surface area contributed by atoms with Crippen LogP contribution in [0.25, 0.3) is 0 Å². The summed E-state index contributed by atoms with van der Waals surface area (Å²) in [5, 5.41) is 9.16. The number of ketones is 1. The lowest BCUT2D eigenvalue weighted by molar-refractivity contribution is 0.0979. The van der Waals surface area contributed by atoms with Gasteiger partial charge in [-0.15, -0.1) is 0 Å². The van der Waals surface area contributed by atoms with Crippen molar-refractivity contribution in [1.82, 2.24) is 0 Å². The molecule has 2 nitrogen and oxygen atoms in total. The first-order chi connectivity index (χ1) is 9.20. The van der Waals surface area contributed by atoms with Crippen molar-refractivity contribution in [1.29, 1.82) is 5.26 Å². The first-order valence-corrected chi connectivity index (χ1v) is 5.94. The predicted octanol–water partition coefficient (Wildman–Crippen LogP) is 3.71. The van der Waals surface area contributed by atoms with E-state index in [4.69, 9.17) is 5.26 Å². The van der Waals surface area contributed by atoms with E-state index in [-0.39, 0.29) is 18.0 Å². The lowest BCUT2D eigenvalue weighted by Gasteiger charge is -2.08. The molecule has 0 fully saturated rings. The summed E-state index contributed by atoms with van der Waals surface area (Å²) in [5.74, 6) is -1.01. The number of hydrogen-bond donors (Lipinski definition) is 0. The van der Waals surface area contributed by atoms with Crippen LogP contribution < -0.4 is 0 Å². The van der Waals surface area contributed by atoms with Crippen LogP contribution in [0.5, 0.6) is 0 Å². The zero-order chi connectivity index (χ0) is 13.7. The lowest BCUT2D eigenvalue weighted by atomic mass is 9.93. The number of nitriles is 1. The van der Waals surface area contributed by atoms with Crippen molar-refractivity contribution in [2.75, 3.05) is 0 Å². The molecule has 0 aliphatic heterocycles. The summed E-state index contributed by atoms with van der Waals surface area (Å²) in [7, 11) is 0. The molecule has 94 valence electrons. The summed E-state index contributed by atoms with van der Waals surface area (Å²) in [6.07, 6.45) is 0.103. The third-order valence-electron chi connectivity index (χ3n) is 2.91. The Morgan fingerprint density at radius 3 is 2.32 bits per heavy atom. The maximum absolute atomic E-state index is 12.8. The van der Waals surface area contributed by atoms with Crippen LogP contribution in [0.2, 0.25) is 0 Å². The van der Waals surface area contributed by atoms with E-state index in [9.17, 15) is 9.18 Å². The number of rotatable bonds is 4. The van der Waals surface area contributed by atoms with Gasteiger partial charge in [-0.05, 0) is 29.8 Å². The van der Waals surface area contributed by atoms with Gasteiger partial charge < -0.3 is 0 Å². The molecule has 1 unspecified atom stereocenters. The second-order valence-electron chi connectivity index (χ2n) is 4.23. The molecular weight excluding hydrogens is 241 g/mol. The number of halogens is 1. The summed E-state index contributed by atoms with van der Waals surface area (Å²) >= 11 is 0. The Labute approximate surface area is 111 Å². The Kier molecular flexibility index (Phi) is 4.04. The fraction of sp³-hybridized carbons (Fsp3) is 0.125. The third kappa shape index (κ3) is 3.26. The van der Waals surface area contributed by atoms with Crippen molar-refractivity contribution in [3.63, 3.8) is 0 Å². The van der Waals surface area contributed by atoms with Gasteiger partial charge in [-0.2, -0.15) is 5.26 Å². The zero-order valence-corrected chi connectivity index (χ0v) is 10.2. The molecule has 3 heteroatoms. The van der Waals surface area contributed by atoms with Gasteiger partial charge in [0, 0.05) is 12.0 Å². The Morgan fingerprint density at radius 2 is 1.74 bits per heavy atom. The lowest BCUT2D eigenvalue weighted by Crippen LogP contribution is -2.06. The summed E-state index contributed by atoms with van der Waals surface area (Å²) < 4.78 is 12.8. The molecule has 0 aromatic heterocycles. The molecule has 0 N–H and O–H groups in total. The minimum Gasteiger partial charge on any atom is -0.294 e. The van der Waals surface area contributed by atoms with Gasteiger partial charge in [0.1, 0.15) is 5.82 Å². The van der Waals surface area contributed by atoms with Crippen molar-refractivity contribution in [3.05, 3.63) is 71.5 Å². The van der Waals surface area contributed by atoms with E-state index in [1.54, 1.807) is 0 Å². The van der Waals surface area contributed by atoms with Crippen molar-refractivity contribution >= 4 is 5.78 Å². The van der Waals surface area contributed by atoms with E-state index in [0.717, 1.165) is 5.56 Å². The van der Waals surface area contributed by atoms with Gasteiger partial charge in [0.15, 0.2) is 5.78 Å². The molecule has 1 atom stereocenters. The third-order valence-corrected chi connectivity index (χ3v) is 2.91. The molecule has 2 aromatic rings. The van der Waals surface area contributed by atoms with Crippen molar-refractivity contribution in [3.8, 4) is 6.07 Å². The van der Waals surface area contributed by atoms with Crippen LogP contribution in [0.1, 0.15) is 28.3 Å². The van der Waals surface area contributed by atoms with E-state index in [0.29, 0.717) is 5.56 Å². The smallest absolute Gasteiger partial charge is 0.164 e. The minimum atomic E-state index is -0.473. The van der Waals surface area contributed by atoms with Crippen LogP contribution in [0.4, 0.5) is 4.39 Å². The number of hydrogen-bond acceptors (Lipinski definition) is 2. The average Bonchev–Trinajstić information content (AvgIpc) is 2.46. The zero-order valence-electron chi connectivity index (χ0n) is 10.2. The quantitative estimate of drug-likeness (QED) is 0.779. The second kappa shape index (κ2) is 5.92. The fourth-order valence-corrected chi connectivity index (χ4v) is 1.86. The van der Waals surface area contributed by atoms with Crippen LogP contribution in [0, 0.1) is 17.1 Å². The van der Waals surface area contributed by atoms with Gasteiger partial charge >= 0.3 is 0 Å². The minimum absolute atomic E-state index is 0.103. The molecule has 2 aromatic carbocycles. The Balaban J connectivity index is 2.13. The van der Waals surface area contributed by atoms with Crippen molar-refractivity contribution in [2.24, 2.45) is 0 Å². The summed E-state index contributed by atoms with van der Waals surface area (Å²) in [6, 6.07) is 16.7. The standard InChI is InChI=1S/C16H12FNO/c17-15-8-6-13(7-9-15)16(19)10-14(11-18)12-4-2-1-3-5-12/h1-9,14H,10H2. The normalized spacial score (nSPS) is 11.6. The number of carbonyl (C=O) groups excluding carboxylic acids is 1. The van der Waals surface area contributed by atoms with E-state index in [1.807, 2.05) is 30.3 Å². The molecule has 0 saturated heterocycles. The van der Waals surface area contributed by atoms with Crippen molar-refractivity contribution in [2.45, 2.75) is 12.3 Å². The monoisotopic (exact) mass is 253 g/mol. The van der Waals surface area contributed by atoms with Crippen molar-refractivity contribution < 1.29 is 9.18 Å². The molecule has 0 spiro atoms. The molecule has 2 rings (SSSR count). The average molecular weight is 253 g/mol. The summed E-state index contributed by atoms with van der Waals surface area (Å²) in [4.78, 5) is 12.0. The van der Waals surface area contributed by atoms with E-state index in [2.05, 4.69) is 6.07 Å². The molecule has 0 bridgehead atoms. The fourth-order valence-electron chi connectivity index (χ4n) is 1.86. The Morgan fingerprint density at radius 1 is 1.11 bits per heavy atom. The largest absolute Gasteiger partial charge is 0.294 e. The van der Waals surface area contributed by atoms with E-state index < -0.39 is 5.92 Å². The van der Waals surface area contributed by atoms with Crippen LogP contribution in [0.3, 0.4) is 0 Å². The maximum atomic E-state index is 12.8.